The average Bonchev–Trinajstić information content (AvgIpc) is 2.89. The number of rotatable bonds is 11. The molecule has 0 aliphatic heterocycles. The van der Waals surface area contributed by atoms with Crippen LogP contribution in [0.1, 0.15) is 44.7 Å². The Morgan fingerprint density at radius 1 is 0.889 bits per heavy atom. The van der Waals surface area contributed by atoms with Crippen LogP contribution >= 0.6 is 0 Å². The van der Waals surface area contributed by atoms with E-state index in [1.165, 1.54) is 18.3 Å². The highest BCUT2D eigenvalue weighted by atomic mass is 32.2. The molecule has 0 saturated heterocycles. The molecular weight excluding hydrogens is 472 g/mol. The van der Waals surface area contributed by atoms with Crippen LogP contribution in [0, 0.1) is 0 Å². The zero-order valence-electron chi connectivity index (χ0n) is 21.3. The van der Waals surface area contributed by atoms with Crippen molar-refractivity contribution in [2.75, 3.05) is 28.8 Å². The molecule has 0 aromatic heterocycles. The lowest BCUT2D eigenvalue weighted by molar-refractivity contribution is -0.119. The smallest absolute Gasteiger partial charge is 0.264 e. The zero-order chi connectivity index (χ0) is 26.1. The fourth-order valence-corrected chi connectivity index (χ4v) is 5.21. The molecule has 1 amide bonds. The van der Waals surface area contributed by atoms with Crippen molar-refractivity contribution in [3.05, 3.63) is 90.0 Å². The summed E-state index contributed by atoms with van der Waals surface area (Å²) >= 11 is 0. The molecule has 1 N–H and O–H groups in total. The first kappa shape index (κ1) is 26.9. The van der Waals surface area contributed by atoms with E-state index in [1.54, 1.807) is 30.3 Å². The first-order valence-electron chi connectivity index (χ1n) is 12.1. The van der Waals surface area contributed by atoms with Crippen molar-refractivity contribution in [2.45, 2.75) is 38.5 Å². The maximum atomic E-state index is 13.4. The molecule has 0 saturated carbocycles. The van der Waals surface area contributed by atoms with E-state index in [1.807, 2.05) is 36.4 Å². The van der Waals surface area contributed by atoms with Gasteiger partial charge in [-0.25, -0.2) is 13.8 Å². The van der Waals surface area contributed by atoms with E-state index in [2.05, 4.69) is 43.1 Å². The van der Waals surface area contributed by atoms with Crippen molar-refractivity contribution in [3.63, 3.8) is 0 Å². The monoisotopic (exact) mass is 506 g/mol. The number of anilines is 2. The van der Waals surface area contributed by atoms with Crippen LogP contribution in [0.3, 0.4) is 0 Å². The molecule has 0 radical (unpaired) electrons. The van der Waals surface area contributed by atoms with Gasteiger partial charge >= 0.3 is 0 Å². The van der Waals surface area contributed by atoms with E-state index in [9.17, 15) is 13.2 Å². The van der Waals surface area contributed by atoms with Gasteiger partial charge in [-0.1, -0.05) is 56.3 Å². The molecule has 0 aliphatic carbocycles. The van der Waals surface area contributed by atoms with Crippen molar-refractivity contribution in [2.24, 2.45) is 5.10 Å². The molecule has 3 rings (SSSR count). The number of carbonyl (C=O) groups is 1. The molecule has 190 valence electrons. The molecule has 0 heterocycles. The van der Waals surface area contributed by atoms with Gasteiger partial charge in [-0.05, 0) is 67.3 Å². The number of nitrogens with one attached hydrogen (secondary N) is 1. The number of amides is 1. The van der Waals surface area contributed by atoms with Crippen LogP contribution in [0.15, 0.2) is 88.9 Å². The zero-order valence-corrected chi connectivity index (χ0v) is 22.1. The van der Waals surface area contributed by atoms with Crippen LogP contribution in [-0.2, 0) is 14.8 Å². The van der Waals surface area contributed by atoms with Crippen molar-refractivity contribution in [1.29, 1.82) is 0 Å². The largest absolute Gasteiger partial charge is 0.372 e. The van der Waals surface area contributed by atoms with Crippen molar-refractivity contribution >= 4 is 33.5 Å². The minimum absolute atomic E-state index is 0.113. The van der Waals surface area contributed by atoms with Gasteiger partial charge in [0.2, 0.25) is 0 Å². The van der Waals surface area contributed by atoms with Gasteiger partial charge in [0.25, 0.3) is 15.9 Å². The summed E-state index contributed by atoms with van der Waals surface area (Å²) < 4.78 is 28.0. The molecule has 0 unspecified atom stereocenters. The Morgan fingerprint density at radius 3 is 2.03 bits per heavy atom. The van der Waals surface area contributed by atoms with E-state index in [-0.39, 0.29) is 4.90 Å². The number of hydrogen-bond acceptors (Lipinski definition) is 5. The van der Waals surface area contributed by atoms with Crippen LogP contribution < -0.4 is 14.6 Å². The number of sulfonamides is 1. The van der Waals surface area contributed by atoms with Crippen LogP contribution in [0.5, 0.6) is 0 Å². The van der Waals surface area contributed by atoms with Gasteiger partial charge in [-0.3, -0.25) is 9.10 Å². The average molecular weight is 507 g/mol. The van der Waals surface area contributed by atoms with Crippen molar-refractivity contribution in [3.8, 4) is 0 Å². The molecule has 7 nitrogen and oxygen atoms in total. The Morgan fingerprint density at radius 2 is 1.47 bits per heavy atom. The topological polar surface area (TPSA) is 82.1 Å². The summed E-state index contributed by atoms with van der Waals surface area (Å²) in [7, 11) is -3.96. The first-order valence-corrected chi connectivity index (χ1v) is 13.5. The predicted molar refractivity (Wildman–Crippen MR) is 147 cm³/mol. The highest BCUT2D eigenvalue weighted by molar-refractivity contribution is 7.92. The molecule has 0 spiro atoms. The van der Waals surface area contributed by atoms with E-state index < -0.39 is 22.5 Å². The molecule has 36 heavy (non-hydrogen) atoms. The standard InChI is InChI=1S/C28H34N4O3S/c1-5-31(6-2)25-16-12-23(13-17-25)20-29-30-28(33)21-32(26-18-14-24(15-19-26)22(3)4)36(34,35)27-10-8-7-9-11-27/h7-20,22H,5-6,21H2,1-4H3,(H,30,33)/b29-20-. The Hall–Kier alpha value is -3.65. The van der Waals surface area contributed by atoms with E-state index in [0.717, 1.165) is 34.2 Å². The number of hydrogen-bond donors (Lipinski definition) is 1. The molecule has 3 aromatic carbocycles. The normalized spacial score (nSPS) is 11.6. The summed E-state index contributed by atoms with van der Waals surface area (Å²) in [5.74, 6) is -0.240. The third-order valence-electron chi connectivity index (χ3n) is 5.89. The van der Waals surface area contributed by atoms with Crippen molar-refractivity contribution < 1.29 is 13.2 Å². The van der Waals surface area contributed by atoms with Crippen LogP contribution in [0.2, 0.25) is 0 Å². The summed E-state index contributed by atoms with van der Waals surface area (Å²) in [6, 6.07) is 23.2. The predicted octanol–water partition coefficient (Wildman–Crippen LogP) is 5.00. The lowest BCUT2D eigenvalue weighted by Crippen LogP contribution is -2.39. The minimum Gasteiger partial charge on any atom is -0.372 e. The highest BCUT2D eigenvalue weighted by Crippen LogP contribution is 2.25. The van der Waals surface area contributed by atoms with Gasteiger partial charge in [0.05, 0.1) is 16.8 Å². The Labute approximate surface area is 214 Å². The Balaban J connectivity index is 1.77. The lowest BCUT2D eigenvalue weighted by Gasteiger charge is -2.24. The van der Waals surface area contributed by atoms with E-state index >= 15 is 0 Å². The fraction of sp³-hybridized carbons (Fsp3) is 0.286. The highest BCUT2D eigenvalue weighted by Gasteiger charge is 2.27. The summed E-state index contributed by atoms with van der Waals surface area (Å²) in [6.45, 7) is 9.77. The van der Waals surface area contributed by atoms with Gasteiger partial charge in [0, 0.05) is 18.8 Å². The van der Waals surface area contributed by atoms with Gasteiger partial charge in [-0.15, -0.1) is 0 Å². The minimum atomic E-state index is -3.96. The number of benzene rings is 3. The second-order valence-corrected chi connectivity index (χ2v) is 10.5. The van der Waals surface area contributed by atoms with Gasteiger partial charge in [-0.2, -0.15) is 5.10 Å². The van der Waals surface area contributed by atoms with Crippen LogP contribution in [0.4, 0.5) is 11.4 Å². The second-order valence-electron chi connectivity index (χ2n) is 8.63. The van der Waals surface area contributed by atoms with E-state index in [4.69, 9.17) is 0 Å². The quantitative estimate of drug-likeness (QED) is 0.293. The summed E-state index contributed by atoms with van der Waals surface area (Å²) in [5, 5.41) is 4.04. The molecule has 0 bridgehead atoms. The summed E-state index contributed by atoms with van der Waals surface area (Å²) in [4.78, 5) is 15.1. The van der Waals surface area contributed by atoms with Gasteiger partial charge in [0.1, 0.15) is 6.54 Å². The summed E-state index contributed by atoms with van der Waals surface area (Å²) in [5.41, 5.74) is 5.89. The maximum absolute atomic E-state index is 13.4. The van der Waals surface area contributed by atoms with Crippen LogP contribution in [-0.4, -0.2) is 40.2 Å². The molecule has 3 aromatic rings. The number of carbonyl (C=O) groups excluding carboxylic acids is 1. The maximum Gasteiger partial charge on any atom is 0.264 e. The molecule has 8 heteroatoms. The number of hydrazone groups is 1. The van der Waals surface area contributed by atoms with Gasteiger partial charge < -0.3 is 4.90 Å². The van der Waals surface area contributed by atoms with Crippen LogP contribution in [0.25, 0.3) is 0 Å². The summed E-state index contributed by atoms with van der Waals surface area (Å²) in [6.07, 6.45) is 1.54. The van der Waals surface area contributed by atoms with E-state index in [0.29, 0.717) is 11.6 Å². The first-order chi connectivity index (χ1) is 17.3. The molecule has 0 atom stereocenters. The SMILES string of the molecule is CCN(CC)c1ccc(/C=N\NC(=O)CN(c2ccc(C(C)C)cc2)S(=O)(=O)c2ccccc2)cc1. The Kier molecular flexibility index (Phi) is 9.25. The molecule has 0 fully saturated rings. The fourth-order valence-electron chi connectivity index (χ4n) is 3.76. The lowest BCUT2D eigenvalue weighted by atomic mass is 10.0. The molecule has 0 aliphatic rings. The Bertz CT molecular complexity index is 1250. The van der Waals surface area contributed by atoms with Gasteiger partial charge in [0.15, 0.2) is 0 Å². The number of nitrogens with zero attached hydrogens (tertiary/aromatic N) is 3. The second kappa shape index (κ2) is 12.4. The molecular formula is C28H34N4O3S. The third kappa shape index (κ3) is 6.73. The third-order valence-corrected chi connectivity index (χ3v) is 7.68. The van der Waals surface area contributed by atoms with Crippen molar-refractivity contribution in [1.82, 2.24) is 5.43 Å².